The lowest BCUT2D eigenvalue weighted by Gasteiger charge is -2.22. The Morgan fingerprint density at radius 3 is 1.17 bits per heavy atom. The summed E-state index contributed by atoms with van der Waals surface area (Å²) in [6, 6.07) is -0.547. The van der Waals surface area contributed by atoms with Gasteiger partial charge in [-0.15, -0.1) is 0 Å². The molecule has 0 heterocycles. The van der Waals surface area contributed by atoms with Gasteiger partial charge < -0.3 is 20.3 Å². The van der Waals surface area contributed by atoms with E-state index in [2.05, 4.69) is 43.5 Å². The van der Waals surface area contributed by atoms with Crippen LogP contribution in [0.15, 0.2) is 24.3 Å². The molecule has 2 atom stereocenters. The number of rotatable bonds is 55. The summed E-state index contributed by atoms with van der Waals surface area (Å²) in [6.07, 6.45) is 67.3. The molecular formula is C60H115NO5. The standard InChI is InChI=1S/C60H115NO5/c1-3-5-7-9-11-13-15-17-19-21-24-28-32-36-40-44-48-52-58(63)57(56-62)61-59(64)53-49-45-41-37-33-29-25-22-23-27-31-35-39-43-47-51-55-66-60(65)54-50-46-42-38-34-30-26-20-18-16-14-12-10-8-6-4-2/h14,16,20,26,57-58,62-63H,3-13,15,17-19,21-25,27-56H2,1-2H3,(H,61,64)/b16-14-,26-20-. The monoisotopic (exact) mass is 930 g/mol. The van der Waals surface area contributed by atoms with Gasteiger partial charge in [0.15, 0.2) is 0 Å². The van der Waals surface area contributed by atoms with Crippen LogP contribution in [0.25, 0.3) is 0 Å². The van der Waals surface area contributed by atoms with Gasteiger partial charge >= 0.3 is 5.97 Å². The van der Waals surface area contributed by atoms with Crippen LogP contribution in [-0.4, -0.2) is 47.4 Å². The van der Waals surface area contributed by atoms with Gasteiger partial charge in [0, 0.05) is 12.8 Å². The average Bonchev–Trinajstić information content (AvgIpc) is 3.32. The second-order valence-electron chi connectivity index (χ2n) is 20.3. The van der Waals surface area contributed by atoms with E-state index in [1.54, 1.807) is 0 Å². The number of aliphatic hydroxyl groups excluding tert-OH is 2. The molecule has 390 valence electrons. The van der Waals surface area contributed by atoms with Gasteiger partial charge in [-0.1, -0.05) is 276 Å². The van der Waals surface area contributed by atoms with Crippen molar-refractivity contribution in [1.29, 1.82) is 0 Å². The third-order valence-corrected chi connectivity index (χ3v) is 13.8. The summed E-state index contributed by atoms with van der Waals surface area (Å²) in [7, 11) is 0. The molecule has 0 fully saturated rings. The van der Waals surface area contributed by atoms with E-state index in [4.69, 9.17) is 4.74 Å². The molecule has 2 unspecified atom stereocenters. The van der Waals surface area contributed by atoms with Crippen molar-refractivity contribution < 1.29 is 24.5 Å². The second-order valence-corrected chi connectivity index (χ2v) is 20.3. The molecule has 0 bridgehead atoms. The summed E-state index contributed by atoms with van der Waals surface area (Å²) >= 11 is 0. The molecular weight excluding hydrogens is 815 g/mol. The maximum atomic E-state index is 12.5. The van der Waals surface area contributed by atoms with Crippen LogP contribution in [0.4, 0.5) is 0 Å². The Kier molecular flexibility index (Phi) is 54.5. The number of ether oxygens (including phenoxy) is 1. The molecule has 0 saturated heterocycles. The Morgan fingerprint density at radius 1 is 0.424 bits per heavy atom. The van der Waals surface area contributed by atoms with E-state index < -0.39 is 12.1 Å². The lowest BCUT2D eigenvalue weighted by molar-refractivity contribution is -0.143. The Morgan fingerprint density at radius 2 is 0.758 bits per heavy atom. The van der Waals surface area contributed by atoms with Gasteiger partial charge in [0.05, 0.1) is 25.4 Å². The highest BCUT2D eigenvalue weighted by molar-refractivity contribution is 5.76. The van der Waals surface area contributed by atoms with Gasteiger partial charge in [-0.3, -0.25) is 9.59 Å². The van der Waals surface area contributed by atoms with Crippen LogP contribution in [-0.2, 0) is 14.3 Å². The zero-order valence-electron chi connectivity index (χ0n) is 44.4. The number of hydrogen-bond donors (Lipinski definition) is 3. The topological polar surface area (TPSA) is 95.9 Å². The number of carbonyl (C=O) groups is 2. The zero-order chi connectivity index (χ0) is 47.9. The third kappa shape index (κ3) is 51.7. The van der Waals surface area contributed by atoms with Crippen LogP contribution < -0.4 is 5.32 Å². The SMILES string of the molecule is CCCCCC/C=C\C/C=C\CCCCCCCC(=O)OCCCCCCCCCCCCCCCCCCC(=O)NC(CO)C(O)CCCCCCCCCCCCCCCCCCC. The maximum Gasteiger partial charge on any atom is 0.305 e. The summed E-state index contributed by atoms with van der Waals surface area (Å²) in [5, 5.41) is 23.3. The summed E-state index contributed by atoms with van der Waals surface area (Å²) in [5.74, 6) is -0.0498. The Balaban J connectivity index is 3.43. The number of unbranched alkanes of at least 4 members (excludes halogenated alkanes) is 40. The predicted octanol–water partition coefficient (Wildman–Crippen LogP) is 18.2. The molecule has 0 aromatic carbocycles. The largest absolute Gasteiger partial charge is 0.466 e. The van der Waals surface area contributed by atoms with E-state index in [1.807, 2.05) is 0 Å². The number of esters is 1. The third-order valence-electron chi connectivity index (χ3n) is 13.8. The van der Waals surface area contributed by atoms with Gasteiger partial charge in [0.2, 0.25) is 5.91 Å². The molecule has 0 aliphatic heterocycles. The number of nitrogens with one attached hydrogen (secondary N) is 1. The molecule has 0 aromatic heterocycles. The molecule has 0 radical (unpaired) electrons. The van der Waals surface area contributed by atoms with Gasteiger partial charge in [-0.05, 0) is 57.8 Å². The summed E-state index contributed by atoms with van der Waals surface area (Å²) < 4.78 is 5.47. The van der Waals surface area contributed by atoms with E-state index in [1.165, 1.54) is 231 Å². The van der Waals surface area contributed by atoms with Crippen molar-refractivity contribution in [3.05, 3.63) is 24.3 Å². The molecule has 0 spiro atoms. The highest BCUT2D eigenvalue weighted by atomic mass is 16.5. The zero-order valence-corrected chi connectivity index (χ0v) is 44.4. The lowest BCUT2D eigenvalue weighted by atomic mass is 10.0. The molecule has 3 N–H and O–H groups in total. The van der Waals surface area contributed by atoms with E-state index in [-0.39, 0.29) is 18.5 Å². The highest BCUT2D eigenvalue weighted by Crippen LogP contribution is 2.17. The molecule has 6 heteroatoms. The van der Waals surface area contributed by atoms with Crippen molar-refractivity contribution in [3.8, 4) is 0 Å². The normalized spacial score (nSPS) is 12.7. The second kappa shape index (κ2) is 55.9. The minimum atomic E-state index is -0.669. The first-order valence-corrected chi connectivity index (χ1v) is 29.6. The number of amides is 1. The Labute approximate surface area is 411 Å². The summed E-state index contributed by atoms with van der Waals surface area (Å²) in [4.78, 5) is 24.5. The van der Waals surface area contributed by atoms with Crippen LogP contribution in [0, 0.1) is 0 Å². The first-order chi connectivity index (χ1) is 32.5. The average molecular weight is 931 g/mol. The Bertz CT molecular complexity index is 1030. The Hall–Kier alpha value is -1.66. The van der Waals surface area contributed by atoms with Crippen molar-refractivity contribution in [2.45, 2.75) is 334 Å². The number of allylic oxidation sites excluding steroid dienone is 4. The number of hydrogen-bond acceptors (Lipinski definition) is 5. The fourth-order valence-electron chi connectivity index (χ4n) is 9.20. The first-order valence-electron chi connectivity index (χ1n) is 29.6. The van der Waals surface area contributed by atoms with Crippen molar-refractivity contribution in [3.63, 3.8) is 0 Å². The van der Waals surface area contributed by atoms with Crippen LogP contribution in [0.2, 0.25) is 0 Å². The highest BCUT2D eigenvalue weighted by Gasteiger charge is 2.20. The van der Waals surface area contributed by atoms with Crippen molar-refractivity contribution >= 4 is 11.9 Å². The molecule has 0 aromatic rings. The van der Waals surface area contributed by atoms with Gasteiger partial charge in [0.1, 0.15) is 0 Å². The maximum absolute atomic E-state index is 12.5. The van der Waals surface area contributed by atoms with Crippen LogP contribution in [0.1, 0.15) is 322 Å². The summed E-state index contributed by atoms with van der Waals surface area (Å²) in [6.45, 7) is 4.93. The van der Waals surface area contributed by atoms with E-state index in [0.29, 0.717) is 25.9 Å². The number of aliphatic hydroxyl groups is 2. The molecule has 0 saturated carbocycles. The lowest BCUT2D eigenvalue weighted by Crippen LogP contribution is -2.45. The van der Waals surface area contributed by atoms with Gasteiger partial charge in [-0.2, -0.15) is 0 Å². The van der Waals surface area contributed by atoms with Crippen LogP contribution in [0.3, 0.4) is 0 Å². The molecule has 0 aliphatic rings. The molecule has 1 amide bonds. The molecule has 6 nitrogen and oxygen atoms in total. The van der Waals surface area contributed by atoms with Crippen molar-refractivity contribution in [1.82, 2.24) is 5.32 Å². The van der Waals surface area contributed by atoms with E-state index in [9.17, 15) is 19.8 Å². The molecule has 0 aliphatic carbocycles. The quantitative estimate of drug-likeness (QED) is 0.0321. The van der Waals surface area contributed by atoms with Crippen LogP contribution >= 0.6 is 0 Å². The first kappa shape index (κ1) is 64.3. The van der Waals surface area contributed by atoms with Crippen molar-refractivity contribution in [2.75, 3.05) is 13.2 Å². The smallest absolute Gasteiger partial charge is 0.305 e. The fourth-order valence-corrected chi connectivity index (χ4v) is 9.20. The van der Waals surface area contributed by atoms with E-state index >= 15 is 0 Å². The molecule has 0 rings (SSSR count). The van der Waals surface area contributed by atoms with Crippen molar-refractivity contribution in [2.24, 2.45) is 0 Å². The molecule has 66 heavy (non-hydrogen) atoms. The summed E-state index contributed by atoms with van der Waals surface area (Å²) in [5.41, 5.74) is 0. The minimum Gasteiger partial charge on any atom is -0.466 e. The van der Waals surface area contributed by atoms with Gasteiger partial charge in [-0.25, -0.2) is 0 Å². The fraction of sp³-hybridized carbons (Fsp3) is 0.900. The predicted molar refractivity (Wildman–Crippen MR) is 287 cm³/mol. The number of carbonyl (C=O) groups excluding carboxylic acids is 2. The minimum absolute atomic E-state index is 0.00976. The van der Waals surface area contributed by atoms with Crippen LogP contribution in [0.5, 0.6) is 0 Å². The van der Waals surface area contributed by atoms with Gasteiger partial charge in [0.25, 0.3) is 0 Å². The van der Waals surface area contributed by atoms with E-state index in [0.717, 1.165) is 57.8 Å².